The van der Waals surface area contributed by atoms with Crippen molar-refractivity contribution in [3.63, 3.8) is 0 Å². The van der Waals surface area contributed by atoms with E-state index in [1.54, 1.807) is 0 Å². The van der Waals surface area contributed by atoms with Crippen LogP contribution in [0, 0.1) is 11.5 Å². The first kappa shape index (κ1) is 5.39. The van der Waals surface area contributed by atoms with Gasteiger partial charge in [-0.3, -0.25) is 5.32 Å². The quantitative estimate of drug-likeness (QED) is 0.363. The second kappa shape index (κ2) is 2.53. The molecule has 0 aromatic carbocycles. The van der Waals surface area contributed by atoms with Gasteiger partial charge in [-0.2, -0.15) is 5.26 Å². The minimum atomic E-state index is 0.250. The van der Waals surface area contributed by atoms with E-state index in [9.17, 15) is 0 Å². The van der Waals surface area contributed by atoms with E-state index in [1.807, 2.05) is 6.19 Å². The summed E-state index contributed by atoms with van der Waals surface area (Å²) >= 11 is 0. The molecule has 1 aliphatic rings. The summed E-state index contributed by atoms with van der Waals surface area (Å²) in [6, 6.07) is 0. The van der Waals surface area contributed by atoms with Crippen molar-refractivity contribution < 1.29 is 0 Å². The molecule has 0 spiro atoms. The number of rotatable bonds is 1. The van der Waals surface area contributed by atoms with Crippen LogP contribution in [0.3, 0.4) is 0 Å². The largest absolute Gasteiger partial charge is 0.308 e. The lowest BCUT2D eigenvalue weighted by Gasteiger charge is -2.03. The number of nitriles is 1. The van der Waals surface area contributed by atoms with Gasteiger partial charge in [0.1, 0.15) is 0 Å². The molecule has 0 bridgehead atoms. The number of hydrogen-bond donors (Lipinski definition) is 2. The second-order valence-corrected chi connectivity index (χ2v) is 1.91. The van der Waals surface area contributed by atoms with Crippen LogP contribution in [0.1, 0.15) is 12.8 Å². The molecular weight excluding hydrogens is 102 g/mol. The Labute approximate surface area is 48.7 Å². The van der Waals surface area contributed by atoms with Gasteiger partial charge in [-0.05, 0) is 19.4 Å². The minimum Gasteiger partial charge on any atom is -0.308 e. The Morgan fingerprint density at radius 2 is 2.62 bits per heavy atom. The van der Waals surface area contributed by atoms with E-state index >= 15 is 0 Å². The summed E-state index contributed by atoms with van der Waals surface area (Å²) < 4.78 is 0. The van der Waals surface area contributed by atoms with Gasteiger partial charge < -0.3 is 5.32 Å². The van der Waals surface area contributed by atoms with E-state index in [-0.39, 0.29) is 6.17 Å². The summed E-state index contributed by atoms with van der Waals surface area (Å²) in [5.41, 5.74) is 0. The fraction of sp³-hybridized carbons (Fsp3) is 0.800. The van der Waals surface area contributed by atoms with E-state index in [0.29, 0.717) is 0 Å². The van der Waals surface area contributed by atoms with Gasteiger partial charge in [0.05, 0.1) is 6.17 Å². The van der Waals surface area contributed by atoms with Crippen molar-refractivity contribution in [2.24, 2.45) is 0 Å². The van der Waals surface area contributed by atoms with Gasteiger partial charge >= 0.3 is 0 Å². The first-order chi connectivity index (χ1) is 3.93. The van der Waals surface area contributed by atoms with Crippen molar-refractivity contribution in [2.75, 3.05) is 6.54 Å². The van der Waals surface area contributed by atoms with E-state index in [2.05, 4.69) is 10.6 Å². The molecule has 8 heavy (non-hydrogen) atoms. The molecule has 0 amide bonds. The molecule has 2 N–H and O–H groups in total. The molecule has 0 radical (unpaired) electrons. The Morgan fingerprint density at radius 1 is 1.75 bits per heavy atom. The smallest absolute Gasteiger partial charge is 0.177 e. The molecular formula is C5H9N3. The summed E-state index contributed by atoms with van der Waals surface area (Å²) in [6.07, 6.45) is 4.40. The van der Waals surface area contributed by atoms with Gasteiger partial charge in [0.2, 0.25) is 0 Å². The zero-order chi connectivity index (χ0) is 5.82. The third-order valence-electron chi connectivity index (χ3n) is 1.30. The van der Waals surface area contributed by atoms with E-state index < -0.39 is 0 Å². The zero-order valence-corrected chi connectivity index (χ0v) is 4.65. The summed E-state index contributed by atoms with van der Waals surface area (Å²) in [5, 5.41) is 13.9. The van der Waals surface area contributed by atoms with Crippen molar-refractivity contribution in [1.29, 1.82) is 5.26 Å². The molecule has 44 valence electrons. The molecule has 1 aliphatic heterocycles. The van der Waals surface area contributed by atoms with Crippen LogP contribution in [0.5, 0.6) is 0 Å². The highest BCUT2D eigenvalue weighted by atomic mass is 15.1. The van der Waals surface area contributed by atoms with Crippen LogP contribution in [0.2, 0.25) is 0 Å². The van der Waals surface area contributed by atoms with Crippen LogP contribution in [-0.2, 0) is 0 Å². The van der Waals surface area contributed by atoms with Gasteiger partial charge in [-0.15, -0.1) is 0 Å². The number of nitrogens with one attached hydrogen (secondary N) is 2. The van der Waals surface area contributed by atoms with Crippen molar-refractivity contribution in [2.45, 2.75) is 19.0 Å². The molecule has 0 aromatic heterocycles. The number of hydrogen-bond acceptors (Lipinski definition) is 3. The lowest BCUT2D eigenvalue weighted by molar-refractivity contribution is 0.559. The molecule has 0 saturated carbocycles. The predicted octanol–water partition coefficient (Wildman–Crippen LogP) is -0.233. The lowest BCUT2D eigenvalue weighted by Crippen LogP contribution is -2.33. The highest BCUT2D eigenvalue weighted by Gasteiger charge is 2.10. The third kappa shape index (κ3) is 1.11. The van der Waals surface area contributed by atoms with Crippen LogP contribution >= 0.6 is 0 Å². The maximum absolute atomic E-state index is 8.13. The molecule has 1 rings (SSSR count). The van der Waals surface area contributed by atoms with Gasteiger partial charge in [-0.25, -0.2) is 0 Å². The normalized spacial score (nSPS) is 27.1. The molecule has 1 atom stereocenters. The predicted molar refractivity (Wildman–Crippen MR) is 29.8 cm³/mol. The highest BCUT2D eigenvalue weighted by molar-refractivity contribution is 4.78. The molecule has 1 fully saturated rings. The van der Waals surface area contributed by atoms with Crippen LogP contribution in [0.15, 0.2) is 0 Å². The average molecular weight is 111 g/mol. The Morgan fingerprint density at radius 3 is 3.12 bits per heavy atom. The molecule has 1 unspecified atom stereocenters. The molecule has 0 aliphatic carbocycles. The Bertz CT molecular complexity index is 98.7. The summed E-state index contributed by atoms with van der Waals surface area (Å²) in [6.45, 7) is 1.04. The number of nitrogens with zero attached hydrogens (tertiary/aromatic N) is 1. The van der Waals surface area contributed by atoms with Crippen LogP contribution < -0.4 is 10.6 Å². The molecule has 0 aromatic rings. The Hall–Kier alpha value is -0.750. The molecule has 3 heteroatoms. The van der Waals surface area contributed by atoms with Crippen molar-refractivity contribution in [1.82, 2.24) is 10.6 Å². The fourth-order valence-corrected chi connectivity index (χ4v) is 0.886. The van der Waals surface area contributed by atoms with Gasteiger partial charge in [-0.1, -0.05) is 0 Å². The van der Waals surface area contributed by atoms with Crippen LogP contribution in [0.4, 0.5) is 0 Å². The first-order valence-electron chi connectivity index (χ1n) is 2.81. The minimum absolute atomic E-state index is 0.250. The summed E-state index contributed by atoms with van der Waals surface area (Å²) in [4.78, 5) is 0. The third-order valence-corrected chi connectivity index (χ3v) is 1.30. The fourth-order valence-electron chi connectivity index (χ4n) is 0.886. The zero-order valence-electron chi connectivity index (χ0n) is 4.65. The Balaban J connectivity index is 2.17. The topological polar surface area (TPSA) is 47.9 Å². The lowest BCUT2D eigenvalue weighted by atomic mass is 10.3. The van der Waals surface area contributed by atoms with Crippen LogP contribution in [0.25, 0.3) is 0 Å². The van der Waals surface area contributed by atoms with Crippen molar-refractivity contribution in [3.05, 3.63) is 0 Å². The van der Waals surface area contributed by atoms with E-state index in [1.165, 1.54) is 6.42 Å². The van der Waals surface area contributed by atoms with Crippen LogP contribution in [-0.4, -0.2) is 12.7 Å². The van der Waals surface area contributed by atoms with Crippen molar-refractivity contribution >= 4 is 0 Å². The van der Waals surface area contributed by atoms with Gasteiger partial charge in [0, 0.05) is 0 Å². The Kier molecular flexibility index (Phi) is 1.70. The van der Waals surface area contributed by atoms with E-state index in [4.69, 9.17) is 5.26 Å². The van der Waals surface area contributed by atoms with Gasteiger partial charge in [0.15, 0.2) is 6.19 Å². The average Bonchev–Trinajstić information content (AvgIpc) is 2.19. The van der Waals surface area contributed by atoms with Gasteiger partial charge in [0.25, 0.3) is 0 Å². The maximum atomic E-state index is 8.13. The van der Waals surface area contributed by atoms with E-state index in [0.717, 1.165) is 13.0 Å². The summed E-state index contributed by atoms with van der Waals surface area (Å²) in [5.74, 6) is 0. The maximum Gasteiger partial charge on any atom is 0.177 e. The SMILES string of the molecule is N#CNC1CCCN1. The monoisotopic (exact) mass is 111 g/mol. The molecule has 1 saturated heterocycles. The first-order valence-corrected chi connectivity index (χ1v) is 2.81. The summed E-state index contributed by atoms with van der Waals surface area (Å²) in [7, 11) is 0. The second-order valence-electron chi connectivity index (χ2n) is 1.91. The molecule has 1 heterocycles. The standard InChI is InChI=1S/C5H9N3/c6-4-8-5-2-1-3-7-5/h5,7-8H,1-3H2. The van der Waals surface area contributed by atoms with Crippen molar-refractivity contribution in [3.8, 4) is 6.19 Å². The highest BCUT2D eigenvalue weighted by Crippen LogP contribution is 1.99. The molecule has 3 nitrogen and oxygen atoms in total.